The third kappa shape index (κ3) is 6.05. The summed E-state index contributed by atoms with van der Waals surface area (Å²) in [6.07, 6.45) is 0. The van der Waals surface area contributed by atoms with E-state index in [0.717, 1.165) is 11.5 Å². The van der Waals surface area contributed by atoms with Gasteiger partial charge in [0.05, 0.1) is 32.2 Å². The Bertz CT molecular complexity index is 1030. The Morgan fingerprint density at radius 3 is 2.58 bits per heavy atom. The average Bonchev–Trinajstić information content (AvgIpc) is 3.19. The molecule has 0 aliphatic carbocycles. The van der Waals surface area contributed by atoms with E-state index in [0.29, 0.717) is 40.5 Å². The minimum atomic E-state index is -0.167. The molecule has 3 rings (SSSR count). The maximum Gasteiger partial charge on any atom is 0.234 e. The number of rotatable bonds is 10. The van der Waals surface area contributed by atoms with Gasteiger partial charge in [-0.25, -0.2) is 0 Å². The number of amides is 1. The molecule has 3 aromatic rings. The first-order valence-electron chi connectivity index (χ1n) is 9.60. The average molecular weight is 462 g/mol. The number of nitrogens with one attached hydrogen (secondary N) is 2. The third-order valence-corrected chi connectivity index (χ3v) is 5.64. The molecule has 0 fully saturated rings. The molecule has 8 nitrogen and oxygen atoms in total. The number of hydrogen-bond donors (Lipinski definition) is 2. The van der Waals surface area contributed by atoms with Gasteiger partial charge in [0.2, 0.25) is 5.91 Å². The van der Waals surface area contributed by atoms with Gasteiger partial charge in [-0.2, -0.15) is 0 Å². The van der Waals surface area contributed by atoms with E-state index in [1.165, 1.54) is 11.8 Å². The van der Waals surface area contributed by atoms with Crippen LogP contribution in [-0.4, -0.2) is 40.6 Å². The minimum Gasteiger partial charge on any atom is -0.497 e. The van der Waals surface area contributed by atoms with E-state index in [-0.39, 0.29) is 11.7 Å². The monoisotopic (exact) mass is 461 g/mol. The summed E-state index contributed by atoms with van der Waals surface area (Å²) in [7, 11) is 3.12. The quantitative estimate of drug-likeness (QED) is 0.435. The zero-order valence-corrected chi connectivity index (χ0v) is 19.1. The number of nitrogens with zero attached hydrogens (tertiary/aromatic N) is 3. The Hall–Kier alpha value is -2.91. The molecule has 0 aliphatic heterocycles. The standard InChI is InChI=1S/C21H24ClN5O3S/c1-4-27-19(12-23-15-7-5-14(22)6-8-15)25-26-21(27)31-13-20(28)24-17-10-9-16(29-2)11-18(17)30-3/h5-11,23H,4,12-13H2,1-3H3,(H,24,28). The second-order valence-corrected chi connectivity index (χ2v) is 7.79. The number of carbonyl (C=O) groups excluding carboxylic acids is 1. The zero-order valence-electron chi connectivity index (χ0n) is 17.5. The Labute approximate surface area is 190 Å². The van der Waals surface area contributed by atoms with E-state index >= 15 is 0 Å². The zero-order chi connectivity index (χ0) is 22.2. The molecular weight excluding hydrogens is 438 g/mol. The van der Waals surface area contributed by atoms with Crippen LogP contribution in [0.4, 0.5) is 11.4 Å². The molecule has 0 radical (unpaired) electrons. The highest BCUT2D eigenvalue weighted by molar-refractivity contribution is 7.99. The van der Waals surface area contributed by atoms with Gasteiger partial charge in [-0.15, -0.1) is 10.2 Å². The Morgan fingerprint density at radius 2 is 1.90 bits per heavy atom. The highest BCUT2D eigenvalue weighted by Crippen LogP contribution is 2.29. The fourth-order valence-electron chi connectivity index (χ4n) is 2.84. The van der Waals surface area contributed by atoms with Crippen LogP contribution in [0.25, 0.3) is 0 Å². The van der Waals surface area contributed by atoms with Crippen LogP contribution < -0.4 is 20.1 Å². The molecule has 0 unspecified atom stereocenters. The highest BCUT2D eigenvalue weighted by Gasteiger charge is 2.14. The van der Waals surface area contributed by atoms with Crippen molar-refractivity contribution in [2.45, 2.75) is 25.2 Å². The molecule has 164 valence electrons. The molecule has 0 atom stereocenters. The lowest BCUT2D eigenvalue weighted by atomic mass is 10.2. The van der Waals surface area contributed by atoms with Crippen molar-refractivity contribution in [1.82, 2.24) is 14.8 Å². The van der Waals surface area contributed by atoms with Crippen LogP contribution in [0.1, 0.15) is 12.7 Å². The van der Waals surface area contributed by atoms with E-state index < -0.39 is 0 Å². The van der Waals surface area contributed by atoms with Gasteiger partial charge in [0, 0.05) is 23.3 Å². The lowest BCUT2D eigenvalue weighted by Crippen LogP contribution is -2.15. The van der Waals surface area contributed by atoms with E-state index in [4.69, 9.17) is 21.1 Å². The topological polar surface area (TPSA) is 90.3 Å². The Morgan fingerprint density at radius 1 is 1.13 bits per heavy atom. The summed E-state index contributed by atoms with van der Waals surface area (Å²) in [5, 5.41) is 16.0. The van der Waals surface area contributed by atoms with Crippen molar-refractivity contribution in [3.8, 4) is 11.5 Å². The molecule has 0 aliphatic rings. The van der Waals surface area contributed by atoms with Gasteiger partial charge in [-0.05, 0) is 43.3 Å². The molecule has 1 heterocycles. The number of hydrogen-bond acceptors (Lipinski definition) is 7. The van der Waals surface area contributed by atoms with Gasteiger partial charge >= 0.3 is 0 Å². The molecule has 31 heavy (non-hydrogen) atoms. The number of aromatic nitrogens is 3. The van der Waals surface area contributed by atoms with Gasteiger partial charge in [0.15, 0.2) is 11.0 Å². The second kappa shape index (κ2) is 10.9. The van der Waals surface area contributed by atoms with Crippen LogP contribution in [0.3, 0.4) is 0 Å². The SMILES string of the molecule is CCn1c(CNc2ccc(Cl)cc2)nnc1SCC(=O)Nc1ccc(OC)cc1OC. The molecule has 2 N–H and O–H groups in total. The molecule has 1 aromatic heterocycles. The van der Waals surface area contributed by atoms with Gasteiger partial charge < -0.3 is 24.7 Å². The summed E-state index contributed by atoms with van der Waals surface area (Å²) >= 11 is 7.25. The van der Waals surface area contributed by atoms with E-state index in [9.17, 15) is 4.79 Å². The fourth-order valence-corrected chi connectivity index (χ4v) is 3.79. The number of halogens is 1. The van der Waals surface area contributed by atoms with E-state index in [1.807, 2.05) is 35.8 Å². The summed E-state index contributed by atoms with van der Waals surface area (Å²) in [6, 6.07) is 12.7. The second-order valence-electron chi connectivity index (χ2n) is 6.41. The number of carbonyl (C=O) groups is 1. The molecule has 10 heteroatoms. The molecule has 2 aromatic carbocycles. The molecular formula is C21H24ClN5O3S. The summed E-state index contributed by atoms with van der Waals surface area (Å²) in [5.41, 5.74) is 1.52. The summed E-state index contributed by atoms with van der Waals surface area (Å²) in [4.78, 5) is 12.5. The van der Waals surface area contributed by atoms with Crippen LogP contribution in [0.2, 0.25) is 5.02 Å². The van der Waals surface area contributed by atoms with Crippen LogP contribution >= 0.6 is 23.4 Å². The van der Waals surface area contributed by atoms with Crippen molar-refractivity contribution in [3.63, 3.8) is 0 Å². The van der Waals surface area contributed by atoms with E-state index in [2.05, 4.69) is 20.8 Å². The van der Waals surface area contributed by atoms with Crippen molar-refractivity contribution in [2.24, 2.45) is 0 Å². The van der Waals surface area contributed by atoms with Crippen molar-refractivity contribution in [2.75, 3.05) is 30.6 Å². The Kier molecular flexibility index (Phi) is 8.02. The first-order chi connectivity index (χ1) is 15.0. The molecule has 0 saturated heterocycles. The molecule has 0 saturated carbocycles. The lowest BCUT2D eigenvalue weighted by molar-refractivity contribution is -0.113. The van der Waals surface area contributed by atoms with Gasteiger partial charge in [0.25, 0.3) is 0 Å². The number of ether oxygens (including phenoxy) is 2. The molecule has 1 amide bonds. The fraction of sp³-hybridized carbons (Fsp3) is 0.286. The highest BCUT2D eigenvalue weighted by atomic mass is 35.5. The van der Waals surface area contributed by atoms with Gasteiger partial charge in [0.1, 0.15) is 11.5 Å². The maximum absolute atomic E-state index is 12.5. The maximum atomic E-state index is 12.5. The summed E-state index contributed by atoms with van der Waals surface area (Å²) in [5.74, 6) is 2.00. The summed E-state index contributed by atoms with van der Waals surface area (Å²) < 4.78 is 12.5. The number of thioether (sulfide) groups is 1. The predicted octanol–water partition coefficient (Wildman–Crippen LogP) is 4.31. The lowest BCUT2D eigenvalue weighted by Gasteiger charge is -2.12. The van der Waals surface area contributed by atoms with Crippen molar-refractivity contribution in [1.29, 1.82) is 0 Å². The van der Waals surface area contributed by atoms with Gasteiger partial charge in [-0.1, -0.05) is 23.4 Å². The molecule has 0 bridgehead atoms. The predicted molar refractivity (Wildman–Crippen MR) is 123 cm³/mol. The summed E-state index contributed by atoms with van der Waals surface area (Å²) in [6.45, 7) is 3.22. The smallest absolute Gasteiger partial charge is 0.234 e. The minimum absolute atomic E-state index is 0.167. The van der Waals surface area contributed by atoms with Gasteiger partial charge in [-0.3, -0.25) is 4.79 Å². The van der Waals surface area contributed by atoms with Crippen molar-refractivity contribution in [3.05, 3.63) is 53.3 Å². The van der Waals surface area contributed by atoms with E-state index in [1.54, 1.807) is 32.4 Å². The Balaban J connectivity index is 1.59. The van der Waals surface area contributed by atoms with Crippen molar-refractivity contribution < 1.29 is 14.3 Å². The van der Waals surface area contributed by atoms with Crippen molar-refractivity contribution >= 4 is 40.6 Å². The first-order valence-corrected chi connectivity index (χ1v) is 11.0. The normalized spacial score (nSPS) is 10.6. The number of benzene rings is 2. The number of anilines is 2. The number of methoxy groups -OCH3 is 2. The van der Waals surface area contributed by atoms with Crippen LogP contribution in [-0.2, 0) is 17.9 Å². The first kappa shape index (κ1) is 22.8. The molecule has 0 spiro atoms. The van der Waals surface area contributed by atoms with Crippen LogP contribution in [0.5, 0.6) is 11.5 Å². The van der Waals surface area contributed by atoms with Crippen LogP contribution in [0.15, 0.2) is 47.6 Å². The van der Waals surface area contributed by atoms with Crippen LogP contribution in [0, 0.1) is 0 Å². The third-order valence-electron chi connectivity index (χ3n) is 4.42. The largest absolute Gasteiger partial charge is 0.497 e.